The number of nitrogens with one attached hydrogen (secondary N) is 1. The first-order chi connectivity index (χ1) is 6.72. The molecule has 1 aromatic rings. The maximum absolute atomic E-state index is 12.5. The van der Waals surface area contributed by atoms with Crippen molar-refractivity contribution >= 4 is 12.1 Å². The summed E-state index contributed by atoms with van der Waals surface area (Å²) in [4.78, 5) is 10.8. The molecule has 0 unspecified atom stereocenters. The van der Waals surface area contributed by atoms with Gasteiger partial charge >= 0.3 is 0 Å². The lowest BCUT2D eigenvalue weighted by Gasteiger charge is -1.94. The van der Waals surface area contributed by atoms with Gasteiger partial charge in [0.25, 0.3) is 0 Å². The average Bonchev–Trinajstić information content (AvgIpc) is 2.21. The summed E-state index contributed by atoms with van der Waals surface area (Å²) in [5.74, 6) is -0.442. The number of carbonyl (C=O) groups is 1. The van der Waals surface area contributed by atoms with Crippen molar-refractivity contribution in [1.82, 2.24) is 5.43 Å². The normalized spacial score (nSPS) is 10.4. The van der Waals surface area contributed by atoms with Gasteiger partial charge in [-0.15, -0.1) is 0 Å². The Hall–Kier alpha value is -1.71. The molecule has 0 aromatic heterocycles. The molecule has 14 heavy (non-hydrogen) atoms. The zero-order valence-corrected chi connectivity index (χ0v) is 7.83. The average molecular weight is 194 g/mol. The molecule has 0 spiro atoms. The van der Waals surface area contributed by atoms with Crippen LogP contribution in [0.2, 0.25) is 0 Å². The van der Waals surface area contributed by atoms with Gasteiger partial charge in [0.15, 0.2) is 0 Å². The standard InChI is InChI=1S/C10H11FN2O/c1-2-10(14)13-12-7-8-3-5-9(11)6-4-8/h3-7H,2H2,1H3,(H,13,14)/b12-7+. The van der Waals surface area contributed by atoms with Crippen molar-refractivity contribution in [3.05, 3.63) is 35.6 Å². The van der Waals surface area contributed by atoms with E-state index >= 15 is 0 Å². The van der Waals surface area contributed by atoms with Crippen LogP contribution in [0.4, 0.5) is 4.39 Å². The van der Waals surface area contributed by atoms with Gasteiger partial charge in [0, 0.05) is 6.42 Å². The number of benzene rings is 1. The predicted molar refractivity (Wildman–Crippen MR) is 52.4 cm³/mol. The van der Waals surface area contributed by atoms with E-state index in [1.807, 2.05) is 0 Å². The summed E-state index contributed by atoms with van der Waals surface area (Å²) in [6.45, 7) is 1.74. The number of carbonyl (C=O) groups excluding carboxylic acids is 1. The number of hydrogen-bond acceptors (Lipinski definition) is 2. The molecule has 0 saturated carbocycles. The first-order valence-electron chi connectivity index (χ1n) is 4.30. The summed E-state index contributed by atoms with van der Waals surface area (Å²) in [5.41, 5.74) is 3.07. The first-order valence-corrected chi connectivity index (χ1v) is 4.30. The van der Waals surface area contributed by atoms with E-state index in [4.69, 9.17) is 0 Å². The van der Waals surface area contributed by atoms with E-state index in [0.29, 0.717) is 6.42 Å². The van der Waals surface area contributed by atoms with Crippen LogP contribution in [0.25, 0.3) is 0 Å². The second-order valence-corrected chi connectivity index (χ2v) is 2.70. The van der Waals surface area contributed by atoms with E-state index in [9.17, 15) is 9.18 Å². The summed E-state index contributed by atoms with van der Waals surface area (Å²) >= 11 is 0. The fourth-order valence-electron chi connectivity index (χ4n) is 0.807. The van der Waals surface area contributed by atoms with E-state index in [0.717, 1.165) is 5.56 Å². The second kappa shape index (κ2) is 5.11. The molecule has 1 rings (SSSR count). The molecule has 0 aliphatic carbocycles. The Morgan fingerprint density at radius 3 is 2.71 bits per heavy atom. The van der Waals surface area contributed by atoms with Crippen LogP contribution in [0.5, 0.6) is 0 Å². The summed E-state index contributed by atoms with van der Waals surface area (Å²) in [7, 11) is 0. The van der Waals surface area contributed by atoms with Gasteiger partial charge in [-0.1, -0.05) is 19.1 Å². The number of amides is 1. The van der Waals surface area contributed by atoms with Gasteiger partial charge in [0.1, 0.15) is 5.82 Å². The zero-order chi connectivity index (χ0) is 10.4. The van der Waals surface area contributed by atoms with Gasteiger partial charge in [-0.25, -0.2) is 9.82 Å². The Balaban J connectivity index is 2.52. The van der Waals surface area contributed by atoms with E-state index < -0.39 is 0 Å². The highest BCUT2D eigenvalue weighted by Gasteiger charge is 1.92. The lowest BCUT2D eigenvalue weighted by atomic mass is 10.2. The number of hydrogen-bond donors (Lipinski definition) is 1. The van der Waals surface area contributed by atoms with Crippen LogP contribution < -0.4 is 5.43 Å². The third kappa shape index (κ3) is 3.35. The number of nitrogens with zero attached hydrogens (tertiary/aromatic N) is 1. The number of rotatable bonds is 3. The molecule has 74 valence electrons. The highest BCUT2D eigenvalue weighted by molar-refractivity contribution is 5.82. The summed E-state index contributed by atoms with van der Waals surface area (Å²) in [6.07, 6.45) is 1.85. The van der Waals surface area contributed by atoms with Crippen LogP contribution in [0, 0.1) is 5.82 Å². The molecule has 0 bridgehead atoms. The van der Waals surface area contributed by atoms with Crippen molar-refractivity contribution < 1.29 is 9.18 Å². The highest BCUT2D eigenvalue weighted by Crippen LogP contribution is 1.99. The summed E-state index contributed by atoms with van der Waals surface area (Å²) < 4.78 is 12.5. The fraction of sp³-hybridized carbons (Fsp3) is 0.200. The Bertz CT molecular complexity index is 332. The van der Waals surface area contributed by atoms with Crippen molar-refractivity contribution in [2.24, 2.45) is 5.10 Å². The fourth-order valence-corrected chi connectivity index (χ4v) is 0.807. The molecule has 1 amide bonds. The minimum absolute atomic E-state index is 0.150. The molecule has 1 aromatic carbocycles. The minimum atomic E-state index is -0.292. The van der Waals surface area contributed by atoms with Crippen molar-refractivity contribution in [1.29, 1.82) is 0 Å². The van der Waals surface area contributed by atoms with E-state index in [-0.39, 0.29) is 11.7 Å². The molecule has 0 radical (unpaired) electrons. The van der Waals surface area contributed by atoms with Crippen LogP contribution in [0.3, 0.4) is 0 Å². The minimum Gasteiger partial charge on any atom is -0.273 e. The molecule has 1 N–H and O–H groups in total. The van der Waals surface area contributed by atoms with Crippen LogP contribution in [0.15, 0.2) is 29.4 Å². The molecular weight excluding hydrogens is 183 g/mol. The van der Waals surface area contributed by atoms with E-state index in [1.54, 1.807) is 19.1 Å². The van der Waals surface area contributed by atoms with Crippen LogP contribution in [-0.4, -0.2) is 12.1 Å². The Morgan fingerprint density at radius 2 is 2.14 bits per heavy atom. The quantitative estimate of drug-likeness (QED) is 0.577. The molecular formula is C10H11FN2O. The SMILES string of the molecule is CCC(=O)N/N=C/c1ccc(F)cc1. The molecule has 0 saturated heterocycles. The van der Waals surface area contributed by atoms with Gasteiger partial charge < -0.3 is 0 Å². The van der Waals surface area contributed by atoms with Crippen LogP contribution in [0.1, 0.15) is 18.9 Å². The van der Waals surface area contributed by atoms with Crippen molar-refractivity contribution in [2.75, 3.05) is 0 Å². The van der Waals surface area contributed by atoms with Gasteiger partial charge in [0.2, 0.25) is 5.91 Å². The van der Waals surface area contributed by atoms with E-state index in [2.05, 4.69) is 10.5 Å². The third-order valence-electron chi connectivity index (χ3n) is 1.59. The number of hydrazone groups is 1. The van der Waals surface area contributed by atoms with Gasteiger partial charge in [-0.05, 0) is 17.7 Å². The molecule has 0 aliphatic heterocycles. The monoisotopic (exact) mass is 194 g/mol. The Labute approximate surface area is 81.6 Å². The first kappa shape index (κ1) is 10.4. The molecule has 3 nitrogen and oxygen atoms in total. The maximum atomic E-state index is 12.5. The number of halogens is 1. The molecule has 4 heteroatoms. The Kier molecular flexibility index (Phi) is 3.79. The second-order valence-electron chi connectivity index (χ2n) is 2.70. The molecule has 0 atom stereocenters. The largest absolute Gasteiger partial charge is 0.273 e. The lowest BCUT2D eigenvalue weighted by Crippen LogP contribution is -2.15. The van der Waals surface area contributed by atoms with Gasteiger partial charge in [-0.2, -0.15) is 5.10 Å². The molecule has 0 aliphatic rings. The predicted octanol–water partition coefficient (Wildman–Crippen LogP) is 1.69. The van der Waals surface area contributed by atoms with Crippen molar-refractivity contribution in [3.63, 3.8) is 0 Å². The summed E-state index contributed by atoms with van der Waals surface area (Å²) in [6, 6.07) is 5.83. The highest BCUT2D eigenvalue weighted by atomic mass is 19.1. The lowest BCUT2D eigenvalue weighted by molar-refractivity contribution is -0.120. The maximum Gasteiger partial charge on any atom is 0.239 e. The van der Waals surface area contributed by atoms with Gasteiger partial charge in [-0.3, -0.25) is 4.79 Å². The summed E-state index contributed by atoms with van der Waals surface area (Å²) in [5, 5.41) is 3.70. The van der Waals surface area contributed by atoms with E-state index in [1.165, 1.54) is 18.3 Å². The molecule has 0 fully saturated rings. The van der Waals surface area contributed by atoms with Crippen molar-refractivity contribution in [3.8, 4) is 0 Å². The van der Waals surface area contributed by atoms with Gasteiger partial charge in [0.05, 0.1) is 6.21 Å². The zero-order valence-electron chi connectivity index (χ0n) is 7.83. The smallest absolute Gasteiger partial charge is 0.239 e. The molecule has 0 heterocycles. The van der Waals surface area contributed by atoms with Crippen LogP contribution in [-0.2, 0) is 4.79 Å². The topological polar surface area (TPSA) is 41.5 Å². The van der Waals surface area contributed by atoms with Crippen molar-refractivity contribution in [2.45, 2.75) is 13.3 Å². The van der Waals surface area contributed by atoms with Crippen LogP contribution >= 0.6 is 0 Å². The Morgan fingerprint density at radius 1 is 1.50 bits per heavy atom. The third-order valence-corrected chi connectivity index (χ3v) is 1.59.